The predicted molar refractivity (Wildman–Crippen MR) is 159 cm³/mol. The summed E-state index contributed by atoms with van der Waals surface area (Å²) >= 11 is 8.20. The summed E-state index contributed by atoms with van der Waals surface area (Å²) in [5.74, 6) is -2.38. The van der Waals surface area contributed by atoms with Crippen LogP contribution in [0.25, 0.3) is 5.57 Å². The van der Waals surface area contributed by atoms with Gasteiger partial charge in [-0.25, -0.2) is 9.59 Å². The van der Waals surface area contributed by atoms with Gasteiger partial charge >= 0.3 is 17.9 Å². The highest BCUT2D eigenvalue weighted by atomic mass is 32.2. The molecule has 0 bridgehead atoms. The lowest BCUT2D eigenvalue weighted by Gasteiger charge is -2.46. The van der Waals surface area contributed by atoms with Gasteiger partial charge in [0.15, 0.2) is 0 Å². The molecule has 11 heteroatoms. The molecule has 1 atom stereocenters. The van der Waals surface area contributed by atoms with Crippen LogP contribution in [0.3, 0.4) is 0 Å². The first-order chi connectivity index (χ1) is 18.9. The first-order valence-corrected chi connectivity index (χ1v) is 14.2. The molecule has 2 heterocycles. The molecule has 4 rings (SSSR count). The highest BCUT2D eigenvalue weighted by Crippen LogP contribution is 2.56. The number of carbonyl (C=O) groups excluding carboxylic acids is 4. The molecule has 0 fully saturated rings. The smallest absolute Gasteiger partial charge is 0.346 e. The van der Waals surface area contributed by atoms with Gasteiger partial charge in [0, 0.05) is 23.6 Å². The maximum absolute atomic E-state index is 14.3. The van der Waals surface area contributed by atoms with Gasteiger partial charge in [-0.2, -0.15) is 0 Å². The summed E-state index contributed by atoms with van der Waals surface area (Å²) in [5, 5.41) is 0. The maximum Gasteiger partial charge on any atom is 0.346 e. The summed E-state index contributed by atoms with van der Waals surface area (Å²) in [5.41, 5.74) is 2.20. The molecule has 0 saturated carbocycles. The normalized spacial score (nSPS) is 16.9. The van der Waals surface area contributed by atoms with Crippen LogP contribution in [0.5, 0.6) is 0 Å². The van der Waals surface area contributed by atoms with Crippen LogP contribution in [0, 0.1) is 6.92 Å². The second-order valence-corrected chi connectivity index (χ2v) is 12.2. The summed E-state index contributed by atoms with van der Waals surface area (Å²) in [7, 11) is 2.48. The van der Waals surface area contributed by atoms with E-state index in [0.717, 1.165) is 29.1 Å². The van der Waals surface area contributed by atoms with Crippen molar-refractivity contribution < 1.29 is 33.4 Å². The number of hydrogen-bond acceptors (Lipinski definition) is 10. The first kappa shape index (κ1) is 29.6. The van der Waals surface area contributed by atoms with Gasteiger partial charge < -0.3 is 14.2 Å². The minimum atomic E-state index is -1.20. The van der Waals surface area contributed by atoms with E-state index in [1.807, 2.05) is 45.0 Å². The standard InChI is InChI=1S/C29H27NO7S3/c1-15-12-13-19-18(14-15)20(28-39-22(26(33)35-5)23(40-28)27(34)36-6)24(38)29(3,4)30(19)25(32)21(37-16(2)31)17-10-8-7-9-11-17/h7-14,21H,1-6H3/t21-/m0/s1. The van der Waals surface area contributed by atoms with Gasteiger partial charge in [0.05, 0.1) is 34.5 Å². The topological polar surface area (TPSA) is 99.2 Å². The second kappa shape index (κ2) is 11.6. The lowest BCUT2D eigenvalue weighted by atomic mass is 9.82. The number of methoxy groups -OCH3 is 2. The highest BCUT2D eigenvalue weighted by molar-refractivity contribution is 8.29. The van der Waals surface area contributed by atoms with E-state index in [-0.39, 0.29) is 9.81 Å². The van der Waals surface area contributed by atoms with Crippen molar-refractivity contribution in [2.24, 2.45) is 0 Å². The Morgan fingerprint density at radius 2 is 1.50 bits per heavy atom. The van der Waals surface area contributed by atoms with Crippen LogP contribution < -0.4 is 4.90 Å². The molecule has 8 nitrogen and oxygen atoms in total. The number of anilines is 1. The minimum absolute atomic E-state index is 0.106. The lowest BCUT2D eigenvalue weighted by molar-refractivity contribution is -0.153. The third-order valence-corrected chi connectivity index (χ3v) is 9.64. The summed E-state index contributed by atoms with van der Waals surface area (Å²) in [6.45, 7) is 6.80. The second-order valence-electron chi connectivity index (χ2n) is 9.49. The SMILES string of the molecule is COC(=O)C1=C(C(=O)OC)SC(=C2C(=S)C(C)(C)N(C(=O)[C@@H](OC(C)=O)c3ccccc3)c3ccc(C)cc32)S1. The van der Waals surface area contributed by atoms with Crippen LogP contribution in [0.1, 0.15) is 43.6 Å². The number of thiocarbonyl (C=S) groups is 1. The van der Waals surface area contributed by atoms with Crippen molar-refractivity contribution in [3.05, 3.63) is 79.3 Å². The third-order valence-electron chi connectivity index (χ3n) is 6.38. The zero-order valence-corrected chi connectivity index (χ0v) is 25.2. The van der Waals surface area contributed by atoms with Gasteiger partial charge in [0.1, 0.15) is 9.81 Å². The van der Waals surface area contributed by atoms with E-state index in [1.165, 1.54) is 21.1 Å². The van der Waals surface area contributed by atoms with E-state index in [0.29, 0.717) is 31.5 Å². The van der Waals surface area contributed by atoms with E-state index >= 15 is 0 Å². The molecule has 208 valence electrons. The number of carbonyl (C=O) groups is 4. The van der Waals surface area contributed by atoms with Crippen LogP contribution in [0.2, 0.25) is 0 Å². The van der Waals surface area contributed by atoms with Gasteiger partial charge in [-0.1, -0.05) is 77.7 Å². The molecule has 0 spiro atoms. The number of rotatable bonds is 5. The number of nitrogens with zero attached hydrogens (tertiary/aromatic N) is 1. The number of benzene rings is 2. The highest BCUT2D eigenvalue weighted by Gasteiger charge is 2.48. The Bertz CT molecular complexity index is 1460. The van der Waals surface area contributed by atoms with Gasteiger partial charge in [-0.15, -0.1) is 0 Å². The Balaban J connectivity index is 1.91. The Morgan fingerprint density at radius 1 is 0.925 bits per heavy atom. The maximum atomic E-state index is 14.3. The molecule has 0 aromatic heterocycles. The minimum Gasteiger partial charge on any atom is -0.465 e. The summed E-state index contributed by atoms with van der Waals surface area (Å²) in [6.07, 6.45) is -1.20. The zero-order chi connectivity index (χ0) is 29.4. The van der Waals surface area contributed by atoms with Crippen LogP contribution >= 0.6 is 35.7 Å². The van der Waals surface area contributed by atoms with E-state index in [9.17, 15) is 19.2 Å². The van der Waals surface area contributed by atoms with Crippen molar-refractivity contribution in [2.75, 3.05) is 19.1 Å². The van der Waals surface area contributed by atoms with E-state index in [4.69, 9.17) is 26.4 Å². The Hall–Kier alpha value is -3.41. The quantitative estimate of drug-likeness (QED) is 0.190. The van der Waals surface area contributed by atoms with Crippen LogP contribution in [-0.2, 0) is 33.4 Å². The molecule has 2 aliphatic heterocycles. The predicted octanol–water partition coefficient (Wildman–Crippen LogP) is 5.50. The van der Waals surface area contributed by atoms with Crippen molar-refractivity contribution in [3.8, 4) is 0 Å². The molecular weight excluding hydrogens is 571 g/mol. The Morgan fingerprint density at radius 3 is 2.02 bits per heavy atom. The largest absolute Gasteiger partial charge is 0.465 e. The van der Waals surface area contributed by atoms with Crippen LogP contribution in [0.4, 0.5) is 5.69 Å². The van der Waals surface area contributed by atoms with Gasteiger partial charge in [0.2, 0.25) is 6.10 Å². The molecule has 0 saturated heterocycles. The molecule has 0 aliphatic carbocycles. The molecule has 40 heavy (non-hydrogen) atoms. The number of ether oxygens (including phenoxy) is 3. The van der Waals surface area contributed by atoms with Crippen molar-refractivity contribution >= 4 is 75.7 Å². The van der Waals surface area contributed by atoms with Gasteiger partial charge in [-0.3, -0.25) is 14.5 Å². The lowest BCUT2D eigenvalue weighted by Crippen LogP contribution is -2.57. The number of esters is 3. The van der Waals surface area contributed by atoms with Crippen LogP contribution in [-0.4, -0.2) is 48.4 Å². The van der Waals surface area contributed by atoms with Crippen molar-refractivity contribution in [3.63, 3.8) is 0 Å². The summed E-state index contributed by atoms with van der Waals surface area (Å²) in [4.78, 5) is 53.6. The molecule has 0 radical (unpaired) electrons. The molecule has 0 N–H and O–H groups in total. The van der Waals surface area contributed by atoms with Crippen molar-refractivity contribution in [1.82, 2.24) is 0 Å². The van der Waals surface area contributed by atoms with Crippen molar-refractivity contribution in [2.45, 2.75) is 39.3 Å². The Labute approximate surface area is 246 Å². The van der Waals surface area contributed by atoms with E-state index < -0.39 is 35.5 Å². The Kier molecular flexibility index (Phi) is 8.57. The van der Waals surface area contributed by atoms with Crippen molar-refractivity contribution in [1.29, 1.82) is 0 Å². The number of hydrogen-bond donors (Lipinski definition) is 0. The molecule has 2 aliphatic rings. The number of fused-ring (bicyclic) bond motifs is 1. The molecule has 1 amide bonds. The average Bonchev–Trinajstić information content (AvgIpc) is 3.37. The van der Waals surface area contributed by atoms with E-state index in [1.54, 1.807) is 29.2 Å². The first-order valence-electron chi connectivity index (χ1n) is 12.1. The summed E-state index contributed by atoms with van der Waals surface area (Å²) < 4.78 is 16.0. The molecular formula is C29H27NO7S3. The molecule has 2 aromatic rings. The average molecular weight is 598 g/mol. The molecule has 2 aromatic carbocycles. The zero-order valence-electron chi connectivity index (χ0n) is 22.7. The number of aryl methyl sites for hydroxylation is 1. The van der Waals surface area contributed by atoms with Gasteiger partial charge in [-0.05, 0) is 32.9 Å². The fourth-order valence-corrected chi connectivity index (χ4v) is 7.53. The fraction of sp³-hybridized carbons (Fsp3) is 0.276. The van der Waals surface area contributed by atoms with Crippen LogP contribution in [0.15, 0.2) is 62.6 Å². The number of amides is 1. The number of thioether (sulfide) groups is 2. The van der Waals surface area contributed by atoms with E-state index in [2.05, 4.69) is 0 Å². The summed E-state index contributed by atoms with van der Waals surface area (Å²) in [6, 6.07) is 14.4. The molecule has 0 unspecified atom stereocenters. The van der Waals surface area contributed by atoms with Gasteiger partial charge in [0.25, 0.3) is 5.91 Å². The third kappa shape index (κ3) is 5.33. The monoisotopic (exact) mass is 597 g/mol. The fourth-order valence-electron chi connectivity index (χ4n) is 4.50.